The molecule has 3 aromatic rings. The number of nitrogens with one attached hydrogen (secondary N) is 2. The van der Waals surface area contributed by atoms with Gasteiger partial charge >= 0.3 is 0 Å². The van der Waals surface area contributed by atoms with Crippen LogP contribution in [0.3, 0.4) is 0 Å². The van der Waals surface area contributed by atoms with Crippen LogP contribution >= 0.6 is 22.9 Å². The highest BCUT2D eigenvalue weighted by Crippen LogP contribution is 2.39. The Balaban J connectivity index is 2.01. The number of benzene rings is 1. The third-order valence-electron chi connectivity index (χ3n) is 3.11. The van der Waals surface area contributed by atoms with Crippen molar-refractivity contribution in [2.45, 2.75) is 6.61 Å². The van der Waals surface area contributed by atoms with Gasteiger partial charge in [0.1, 0.15) is 10.6 Å². The summed E-state index contributed by atoms with van der Waals surface area (Å²) in [7, 11) is 3.18. The first-order valence-corrected chi connectivity index (χ1v) is 7.66. The van der Waals surface area contributed by atoms with Crippen LogP contribution in [0.25, 0.3) is 10.1 Å². The molecule has 0 bridgehead atoms. The van der Waals surface area contributed by atoms with Crippen molar-refractivity contribution in [1.82, 2.24) is 20.6 Å². The quantitative estimate of drug-likeness (QED) is 0.730. The molecular weight excluding hydrogens is 342 g/mol. The molecule has 0 aliphatic heterocycles. The fourth-order valence-corrected chi connectivity index (χ4v) is 3.57. The Labute approximate surface area is 139 Å². The summed E-state index contributed by atoms with van der Waals surface area (Å²) >= 11 is 7.63. The second kappa shape index (κ2) is 6.49. The number of tetrazole rings is 1. The fraction of sp³-hybridized carbons (Fsp3) is 0.231. The lowest BCUT2D eigenvalue weighted by molar-refractivity contribution is 0.103. The molecule has 0 spiro atoms. The van der Waals surface area contributed by atoms with Crippen LogP contribution in [-0.2, 0) is 11.3 Å². The summed E-state index contributed by atoms with van der Waals surface area (Å²) in [5.74, 6) is 0.425. The summed E-state index contributed by atoms with van der Waals surface area (Å²) in [5, 5.41) is 16.5. The van der Waals surface area contributed by atoms with E-state index in [4.69, 9.17) is 21.1 Å². The van der Waals surface area contributed by atoms with E-state index in [9.17, 15) is 4.79 Å². The van der Waals surface area contributed by atoms with E-state index < -0.39 is 0 Å². The number of nitrogens with zero attached hydrogens (tertiary/aromatic N) is 3. The zero-order valence-electron chi connectivity index (χ0n) is 12.2. The summed E-state index contributed by atoms with van der Waals surface area (Å²) in [6.45, 7) is 0.403. The van der Waals surface area contributed by atoms with E-state index in [1.165, 1.54) is 11.3 Å². The highest BCUT2D eigenvalue weighted by molar-refractivity contribution is 7.21. The van der Waals surface area contributed by atoms with Crippen LogP contribution in [0.1, 0.15) is 15.2 Å². The molecule has 0 atom stereocenters. The minimum absolute atomic E-state index is 0.154. The van der Waals surface area contributed by atoms with Gasteiger partial charge in [-0.25, -0.2) is 5.10 Å². The van der Waals surface area contributed by atoms with Gasteiger partial charge in [-0.15, -0.1) is 11.3 Å². The number of H-pyrrole nitrogens is 1. The Morgan fingerprint density at radius 1 is 1.43 bits per heavy atom. The van der Waals surface area contributed by atoms with Crippen molar-refractivity contribution in [2.24, 2.45) is 0 Å². The Morgan fingerprint density at radius 3 is 2.91 bits per heavy atom. The number of carbonyl (C=O) groups excluding carboxylic acids is 1. The topological polar surface area (TPSA) is 102 Å². The second-order valence-electron chi connectivity index (χ2n) is 4.54. The largest absolute Gasteiger partial charge is 0.496 e. The van der Waals surface area contributed by atoms with Gasteiger partial charge in [0.25, 0.3) is 5.91 Å². The van der Waals surface area contributed by atoms with E-state index in [2.05, 4.69) is 25.9 Å². The molecule has 23 heavy (non-hydrogen) atoms. The summed E-state index contributed by atoms with van der Waals surface area (Å²) in [4.78, 5) is 12.7. The number of methoxy groups -OCH3 is 2. The number of hydrogen-bond acceptors (Lipinski definition) is 7. The Kier molecular flexibility index (Phi) is 4.42. The highest BCUT2D eigenvalue weighted by Gasteiger charge is 2.20. The molecule has 0 saturated carbocycles. The van der Waals surface area contributed by atoms with Crippen molar-refractivity contribution in [1.29, 1.82) is 0 Å². The molecule has 1 aromatic carbocycles. The van der Waals surface area contributed by atoms with Gasteiger partial charge in [-0.1, -0.05) is 16.7 Å². The van der Waals surface area contributed by atoms with E-state index in [1.807, 2.05) is 6.07 Å². The van der Waals surface area contributed by atoms with Gasteiger partial charge < -0.3 is 9.47 Å². The van der Waals surface area contributed by atoms with Crippen molar-refractivity contribution >= 4 is 44.9 Å². The monoisotopic (exact) mass is 353 g/mol. The first-order valence-electron chi connectivity index (χ1n) is 6.47. The average Bonchev–Trinajstić information content (AvgIpc) is 3.15. The number of aromatic nitrogens is 4. The minimum atomic E-state index is -0.387. The maximum atomic E-state index is 12.3. The van der Waals surface area contributed by atoms with Crippen molar-refractivity contribution in [2.75, 3.05) is 19.5 Å². The normalized spacial score (nSPS) is 10.9. The zero-order valence-corrected chi connectivity index (χ0v) is 13.8. The first-order chi connectivity index (χ1) is 11.1. The maximum absolute atomic E-state index is 12.3. The molecule has 2 N–H and O–H groups in total. The van der Waals surface area contributed by atoms with Crippen molar-refractivity contribution in [3.8, 4) is 5.75 Å². The number of carbonyl (C=O) groups is 1. The standard InChI is InChI=1S/C13H12ClN5O3S/c1-21-5-6-3-9-7(4-8(6)22-2)10(14)11(23-9)12(20)15-13-16-18-19-17-13/h3-4H,5H2,1-2H3,(H2,15,16,17,18,19,20). The molecule has 0 saturated heterocycles. The Morgan fingerprint density at radius 2 is 2.26 bits per heavy atom. The van der Waals surface area contributed by atoms with E-state index in [0.717, 1.165) is 15.6 Å². The van der Waals surface area contributed by atoms with Gasteiger partial charge in [0, 0.05) is 22.8 Å². The SMILES string of the molecule is COCc1cc2sc(C(=O)Nc3nnn[nH]3)c(Cl)c2cc1OC. The molecule has 2 aromatic heterocycles. The number of rotatable bonds is 5. The fourth-order valence-electron chi connectivity index (χ4n) is 2.12. The molecule has 3 rings (SSSR count). The lowest BCUT2D eigenvalue weighted by Gasteiger charge is -2.07. The van der Waals surface area contributed by atoms with Crippen molar-refractivity contribution < 1.29 is 14.3 Å². The zero-order chi connectivity index (χ0) is 16.4. The van der Waals surface area contributed by atoms with Crippen LogP contribution in [-0.4, -0.2) is 40.8 Å². The van der Waals surface area contributed by atoms with Crippen LogP contribution in [0.15, 0.2) is 12.1 Å². The lowest BCUT2D eigenvalue weighted by atomic mass is 10.1. The van der Waals surface area contributed by atoms with Crippen LogP contribution in [0, 0.1) is 0 Å². The number of ether oxygens (including phenoxy) is 2. The van der Waals surface area contributed by atoms with Crippen LogP contribution in [0.4, 0.5) is 5.95 Å². The number of halogens is 1. The van der Waals surface area contributed by atoms with Gasteiger partial charge in [0.05, 0.1) is 18.7 Å². The molecule has 10 heteroatoms. The molecule has 1 amide bonds. The van der Waals surface area contributed by atoms with E-state index in [0.29, 0.717) is 22.3 Å². The predicted octanol–water partition coefficient (Wildman–Crippen LogP) is 2.48. The summed E-state index contributed by atoms with van der Waals surface area (Å²) < 4.78 is 11.4. The summed E-state index contributed by atoms with van der Waals surface area (Å²) in [6.07, 6.45) is 0. The van der Waals surface area contributed by atoms with Gasteiger partial charge in [0.15, 0.2) is 0 Å². The molecular formula is C13H12ClN5O3S. The minimum Gasteiger partial charge on any atom is -0.496 e. The van der Waals surface area contributed by atoms with Crippen molar-refractivity contribution in [3.05, 3.63) is 27.6 Å². The smallest absolute Gasteiger partial charge is 0.269 e. The second-order valence-corrected chi connectivity index (χ2v) is 5.97. The lowest BCUT2D eigenvalue weighted by Crippen LogP contribution is -2.11. The molecule has 8 nitrogen and oxygen atoms in total. The first kappa shape index (κ1) is 15.7. The molecule has 2 heterocycles. The number of hydrogen-bond donors (Lipinski definition) is 2. The third kappa shape index (κ3) is 2.98. The van der Waals surface area contributed by atoms with E-state index in [1.54, 1.807) is 20.3 Å². The maximum Gasteiger partial charge on any atom is 0.269 e. The van der Waals surface area contributed by atoms with E-state index in [-0.39, 0.29) is 11.9 Å². The molecule has 120 valence electrons. The van der Waals surface area contributed by atoms with Crippen LogP contribution in [0.2, 0.25) is 5.02 Å². The average molecular weight is 354 g/mol. The molecule has 0 unspecified atom stereocenters. The number of thiophene rings is 1. The molecule has 0 fully saturated rings. The van der Waals surface area contributed by atoms with Gasteiger partial charge in [-0.05, 0) is 22.6 Å². The van der Waals surface area contributed by atoms with Crippen molar-refractivity contribution in [3.63, 3.8) is 0 Å². The third-order valence-corrected chi connectivity index (χ3v) is 4.77. The highest BCUT2D eigenvalue weighted by atomic mass is 35.5. The van der Waals surface area contributed by atoms with Gasteiger partial charge in [0.2, 0.25) is 5.95 Å². The number of aromatic amines is 1. The summed E-state index contributed by atoms with van der Waals surface area (Å²) in [5.41, 5.74) is 0.881. The number of anilines is 1. The van der Waals surface area contributed by atoms with Crippen LogP contribution < -0.4 is 10.1 Å². The number of fused-ring (bicyclic) bond motifs is 1. The number of amides is 1. The summed E-state index contributed by atoms with van der Waals surface area (Å²) in [6, 6.07) is 3.70. The predicted molar refractivity (Wildman–Crippen MR) is 86.2 cm³/mol. The van der Waals surface area contributed by atoms with Crippen LogP contribution in [0.5, 0.6) is 5.75 Å². The Hall–Kier alpha value is -2.23. The van der Waals surface area contributed by atoms with Gasteiger partial charge in [-0.3, -0.25) is 10.1 Å². The Bertz CT molecular complexity index is 849. The molecule has 0 aliphatic carbocycles. The van der Waals surface area contributed by atoms with E-state index >= 15 is 0 Å². The van der Waals surface area contributed by atoms with Gasteiger partial charge in [-0.2, -0.15) is 0 Å². The molecule has 0 radical (unpaired) electrons. The molecule has 0 aliphatic rings.